The minimum atomic E-state index is -1.00. The summed E-state index contributed by atoms with van der Waals surface area (Å²) in [6.45, 7) is 4.94. The number of hydrogen-bond donors (Lipinski definition) is 1. The van der Waals surface area contributed by atoms with E-state index in [9.17, 15) is 4.79 Å². The van der Waals surface area contributed by atoms with Gasteiger partial charge in [-0.05, 0) is 37.0 Å². The van der Waals surface area contributed by atoms with E-state index in [1.165, 1.54) is 6.07 Å². The summed E-state index contributed by atoms with van der Waals surface area (Å²) < 4.78 is 11.0. The van der Waals surface area contributed by atoms with Crippen molar-refractivity contribution >= 4 is 17.7 Å². The summed E-state index contributed by atoms with van der Waals surface area (Å²) in [6, 6.07) is 4.92. The van der Waals surface area contributed by atoms with Crippen LogP contribution < -0.4 is 9.47 Å². The molecular formula is C14H20O4S. The van der Waals surface area contributed by atoms with Crippen molar-refractivity contribution in [1.82, 2.24) is 0 Å². The molecule has 0 unspecified atom stereocenters. The van der Waals surface area contributed by atoms with Crippen LogP contribution in [0.4, 0.5) is 0 Å². The molecule has 0 radical (unpaired) electrons. The molecule has 106 valence electrons. The highest BCUT2D eigenvalue weighted by molar-refractivity contribution is 7.99. The van der Waals surface area contributed by atoms with Crippen LogP contribution in [0.1, 0.15) is 30.6 Å². The molecule has 0 amide bonds. The Morgan fingerprint density at radius 3 is 2.74 bits per heavy atom. The standard InChI is InChI=1S/C14H20O4S/c1-3-17-12-8-5-7-11(14(15)16)13(12)18-9-6-10-19-4-2/h5,7-8H,3-4,6,9-10H2,1-2H3,(H,15,16). The van der Waals surface area contributed by atoms with Crippen molar-refractivity contribution in [3.05, 3.63) is 23.8 Å². The van der Waals surface area contributed by atoms with Crippen molar-refractivity contribution in [1.29, 1.82) is 0 Å². The Hall–Kier alpha value is -1.36. The quantitative estimate of drug-likeness (QED) is 0.705. The number of benzene rings is 1. The second-order valence-corrected chi connectivity index (χ2v) is 5.16. The minimum Gasteiger partial charge on any atom is -0.490 e. The number of carboxylic acid groups (broad SMARTS) is 1. The molecular weight excluding hydrogens is 264 g/mol. The van der Waals surface area contributed by atoms with Gasteiger partial charge >= 0.3 is 5.97 Å². The van der Waals surface area contributed by atoms with Crippen LogP contribution in [0.15, 0.2) is 18.2 Å². The fraction of sp³-hybridized carbons (Fsp3) is 0.500. The highest BCUT2D eigenvalue weighted by Gasteiger charge is 2.16. The van der Waals surface area contributed by atoms with E-state index in [0.717, 1.165) is 17.9 Å². The molecule has 0 spiro atoms. The molecule has 0 fully saturated rings. The third-order valence-electron chi connectivity index (χ3n) is 2.39. The van der Waals surface area contributed by atoms with E-state index >= 15 is 0 Å². The summed E-state index contributed by atoms with van der Waals surface area (Å²) in [5.74, 6) is 1.91. The van der Waals surface area contributed by atoms with Gasteiger partial charge in [0.05, 0.1) is 13.2 Å². The Morgan fingerprint density at radius 1 is 1.32 bits per heavy atom. The lowest BCUT2D eigenvalue weighted by atomic mass is 10.2. The van der Waals surface area contributed by atoms with Crippen LogP contribution in [0.5, 0.6) is 11.5 Å². The van der Waals surface area contributed by atoms with Crippen molar-refractivity contribution in [2.45, 2.75) is 20.3 Å². The minimum absolute atomic E-state index is 0.147. The smallest absolute Gasteiger partial charge is 0.339 e. The molecule has 19 heavy (non-hydrogen) atoms. The van der Waals surface area contributed by atoms with Crippen LogP contribution in [0.25, 0.3) is 0 Å². The molecule has 0 heterocycles. The largest absolute Gasteiger partial charge is 0.490 e. The normalized spacial score (nSPS) is 10.2. The Bertz CT molecular complexity index is 406. The van der Waals surface area contributed by atoms with Crippen molar-refractivity contribution in [3.63, 3.8) is 0 Å². The average Bonchev–Trinajstić information content (AvgIpc) is 2.40. The first-order valence-electron chi connectivity index (χ1n) is 6.40. The SMILES string of the molecule is CCOc1cccc(C(=O)O)c1OCCCSCC. The molecule has 1 aromatic rings. The maximum Gasteiger partial charge on any atom is 0.339 e. The molecule has 0 aliphatic heterocycles. The van der Waals surface area contributed by atoms with Gasteiger partial charge in [-0.25, -0.2) is 4.79 Å². The summed E-state index contributed by atoms with van der Waals surface area (Å²) in [4.78, 5) is 11.2. The predicted molar refractivity (Wildman–Crippen MR) is 77.7 cm³/mol. The third-order valence-corrected chi connectivity index (χ3v) is 3.38. The Labute approximate surface area is 118 Å². The van der Waals surface area contributed by atoms with Crippen LogP contribution in [0.3, 0.4) is 0 Å². The van der Waals surface area contributed by atoms with Gasteiger partial charge in [-0.3, -0.25) is 0 Å². The number of rotatable bonds is 9. The van der Waals surface area contributed by atoms with E-state index in [2.05, 4.69) is 6.92 Å². The number of para-hydroxylation sites is 1. The van der Waals surface area contributed by atoms with Gasteiger partial charge < -0.3 is 14.6 Å². The van der Waals surface area contributed by atoms with Gasteiger partial charge in [0, 0.05) is 0 Å². The third kappa shape index (κ3) is 5.03. The van der Waals surface area contributed by atoms with Crippen molar-refractivity contribution in [2.75, 3.05) is 24.7 Å². The molecule has 0 aliphatic carbocycles. The molecule has 1 aromatic carbocycles. The average molecular weight is 284 g/mol. The zero-order chi connectivity index (χ0) is 14.1. The molecule has 1 rings (SSSR count). The van der Waals surface area contributed by atoms with Gasteiger partial charge in [0.25, 0.3) is 0 Å². The number of ether oxygens (including phenoxy) is 2. The van der Waals surface area contributed by atoms with Crippen LogP contribution in [0.2, 0.25) is 0 Å². The zero-order valence-electron chi connectivity index (χ0n) is 11.3. The Kier molecular flexibility index (Phi) is 7.18. The summed E-state index contributed by atoms with van der Waals surface area (Å²) >= 11 is 1.84. The van der Waals surface area contributed by atoms with E-state index in [4.69, 9.17) is 14.6 Å². The number of aromatic carboxylic acids is 1. The predicted octanol–water partition coefficient (Wildman–Crippen LogP) is 3.31. The molecule has 1 N–H and O–H groups in total. The lowest BCUT2D eigenvalue weighted by Crippen LogP contribution is -2.07. The van der Waals surface area contributed by atoms with Gasteiger partial charge in [0.15, 0.2) is 11.5 Å². The van der Waals surface area contributed by atoms with Crippen LogP contribution >= 0.6 is 11.8 Å². The summed E-state index contributed by atoms with van der Waals surface area (Å²) in [6.07, 6.45) is 0.887. The van der Waals surface area contributed by atoms with Crippen molar-refractivity contribution in [2.24, 2.45) is 0 Å². The highest BCUT2D eigenvalue weighted by Crippen LogP contribution is 2.31. The molecule has 0 aromatic heterocycles. The number of carbonyl (C=O) groups is 1. The number of carboxylic acids is 1. The Morgan fingerprint density at radius 2 is 2.11 bits per heavy atom. The molecule has 4 nitrogen and oxygen atoms in total. The fourth-order valence-corrected chi connectivity index (χ4v) is 2.19. The van der Waals surface area contributed by atoms with E-state index < -0.39 is 5.97 Å². The van der Waals surface area contributed by atoms with Crippen molar-refractivity contribution < 1.29 is 19.4 Å². The van der Waals surface area contributed by atoms with Crippen LogP contribution in [0, 0.1) is 0 Å². The molecule has 0 saturated carbocycles. The number of hydrogen-bond acceptors (Lipinski definition) is 4. The maximum absolute atomic E-state index is 11.2. The van der Waals surface area contributed by atoms with Gasteiger partial charge in [-0.2, -0.15) is 11.8 Å². The van der Waals surface area contributed by atoms with Crippen molar-refractivity contribution in [3.8, 4) is 11.5 Å². The molecule has 5 heteroatoms. The van der Waals surface area contributed by atoms with Gasteiger partial charge in [0.1, 0.15) is 5.56 Å². The van der Waals surface area contributed by atoms with Gasteiger partial charge in [-0.1, -0.05) is 13.0 Å². The fourth-order valence-electron chi connectivity index (χ4n) is 1.58. The van der Waals surface area contributed by atoms with Gasteiger partial charge in [0.2, 0.25) is 0 Å². The van der Waals surface area contributed by atoms with Gasteiger partial charge in [-0.15, -0.1) is 0 Å². The zero-order valence-corrected chi connectivity index (χ0v) is 12.2. The first-order chi connectivity index (χ1) is 9.20. The van der Waals surface area contributed by atoms with E-state index in [0.29, 0.717) is 24.7 Å². The topological polar surface area (TPSA) is 55.8 Å². The lowest BCUT2D eigenvalue weighted by Gasteiger charge is -2.14. The molecule has 0 saturated heterocycles. The van der Waals surface area contributed by atoms with E-state index in [1.54, 1.807) is 12.1 Å². The summed E-state index contributed by atoms with van der Waals surface area (Å²) in [5.41, 5.74) is 0.147. The second-order valence-electron chi connectivity index (χ2n) is 3.77. The maximum atomic E-state index is 11.2. The molecule has 0 bridgehead atoms. The first kappa shape index (κ1) is 15.7. The number of thioether (sulfide) groups is 1. The first-order valence-corrected chi connectivity index (χ1v) is 7.55. The van der Waals surface area contributed by atoms with E-state index in [-0.39, 0.29) is 5.56 Å². The Balaban J connectivity index is 2.73. The highest BCUT2D eigenvalue weighted by atomic mass is 32.2. The molecule has 0 atom stereocenters. The lowest BCUT2D eigenvalue weighted by molar-refractivity contribution is 0.0691. The summed E-state index contributed by atoms with van der Waals surface area (Å²) in [5, 5.41) is 9.16. The summed E-state index contributed by atoms with van der Waals surface area (Å²) in [7, 11) is 0. The van der Waals surface area contributed by atoms with Crippen LogP contribution in [-0.2, 0) is 0 Å². The monoisotopic (exact) mass is 284 g/mol. The second kappa shape index (κ2) is 8.69. The van der Waals surface area contributed by atoms with Crippen LogP contribution in [-0.4, -0.2) is 35.8 Å². The molecule has 0 aliphatic rings. The van der Waals surface area contributed by atoms with E-state index in [1.807, 2.05) is 18.7 Å².